The topological polar surface area (TPSA) is 58.4 Å². The van der Waals surface area contributed by atoms with E-state index in [-0.39, 0.29) is 5.91 Å². The van der Waals surface area contributed by atoms with Crippen LogP contribution < -0.4 is 11.1 Å². The second-order valence-electron chi connectivity index (χ2n) is 6.97. The van der Waals surface area contributed by atoms with Crippen LogP contribution in [0.1, 0.15) is 52.9 Å². The molecule has 2 fully saturated rings. The fourth-order valence-electron chi connectivity index (χ4n) is 3.99. The molecule has 2 aliphatic rings. The number of hydrogen-bond donors (Lipinski definition) is 2. The van der Waals surface area contributed by atoms with Crippen LogP contribution in [0.2, 0.25) is 0 Å². The lowest BCUT2D eigenvalue weighted by Crippen LogP contribution is -2.61. The van der Waals surface area contributed by atoms with Crippen LogP contribution in [-0.4, -0.2) is 42.0 Å². The molecule has 0 aromatic rings. The van der Waals surface area contributed by atoms with Gasteiger partial charge in [0.2, 0.25) is 5.91 Å². The lowest BCUT2D eigenvalue weighted by Gasteiger charge is -2.46. The summed E-state index contributed by atoms with van der Waals surface area (Å²) in [6, 6.07) is 0.519. The summed E-state index contributed by atoms with van der Waals surface area (Å²) in [5, 5.41) is 3.39. The second kappa shape index (κ2) is 6.44. The molecule has 1 amide bonds. The number of rotatable bonds is 4. The number of primary amides is 1. The number of amides is 1. The van der Waals surface area contributed by atoms with Gasteiger partial charge in [-0.1, -0.05) is 20.8 Å². The molecule has 116 valence electrons. The largest absolute Gasteiger partial charge is 0.368 e. The van der Waals surface area contributed by atoms with Crippen LogP contribution in [0, 0.1) is 11.8 Å². The Kier molecular flexibility index (Phi) is 5.08. The van der Waals surface area contributed by atoms with Crippen molar-refractivity contribution in [1.82, 2.24) is 10.2 Å². The number of nitrogens with two attached hydrogens (primary N) is 1. The Morgan fingerprint density at radius 3 is 2.70 bits per heavy atom. The fourth-order valence-corrected chi connectivity index (χ4v) is 3.99. The molecule has 2 rings (SSSR count). The van der Waals surface area contributed by atoms with Crippen LogP contribution >= 0.6 is 0 Å². The van der Waals surface area contributed by atoms with Crippen LogP contribution in [0.3, 0.4) is 0 Å². The zero-order valence-corrected chi connectivity index (χ0v) is 13.3. The maximum absolute atomic E-state index is 12.0. The van der Waals surface area contributed by atoms with Crippen LogP contribution in [-0.2, 0) is 4.79 Å². The molecule has 0 bridgehead atoms. The van der Waals surface area contributed by atoms with Crippen molar-refractivity contribution >= 4 is 5.91 Å². The van der Waals surface area contributed by atoms with Gasteiger partial charge in [0.05, 0.1) is 5.54 Å². The van der Waals surface area contributed by atoms with E-state index in [2.05, 4.69) is 31.0 Å². The van der Waals surface area contributed by atoms with Gasteiger partial charge in [-0.15, -0.1) is 0 Å². The predicted octanol–water partition coefficient (Wildman–Crippen LogP) is 1.74. The average molecular weight is 281 g/mol. The van der Waals surface area contributed by atoms with E-state index >= 15 is 0 Å². The van der Waals surface area contributed by atoms with Crippen molar-refractivity contribution in [2.45, 2.75) is 64.5 Å². The molecule has 20 heavy (non-hydrogen) atoms. The Bertz CT molecular complexity index is 343. The molecule has 4 unspecified atom stereocenters. The third-order valence-corrected chi connectivity index (χ3v) is 5.59. The molecule has 4 nitrogen and oxygen atoms in total. The number of carbonyl (C=O) groups excluding carboxylic acids is 1. The van der Waals surface area contributed by atoms with E-state index in [1.54, 1.807) is 0 Å². The van der Waals surface area contributed by atoms with E-state index < -0.39 is 5.54 Å². The first-order chi connectivity index (χ1) is 9.48. The van der Waals surface area contributed by atoms with Gasteiger partial charge in [0.25, 0.3) is 0 Å². The summed E-state index contributed by atoms with van der Waals surface area (Å²) >= 11 is 0. The Hall–Kier alpha value is -0.610. The zero-order chi connectivity index (χ0) is 14.8. The molecule has 1 aliphatic carbocycles. The maximum Gasteiger partial charge on any atom is 0.237 e. The highest BCUT2D eigenvalue weighted by molar-refractivity contribution is 5.84. The van der Waals surface area contributed by atoms with Crippen molar-refractivity contribution in [2.75, 3.05) is 19.6 Å². The molecular weight excluding hydrogens is 250 g/mol. The summed E-state index contributed by atoms with van der Waals surface area (Å²) in [6.07, 6.45) is 5.37. The van der Waals surface area contributed by atoms with Crippen molar-refractivity contribution in [2.24, 2.45) is 17.6 Å². The smallest absolute Gasteiger partial charge is 0.237 e. The number of carbonyl (C=O) groups is 1. The average Bonchev–Trinajstić information content (AvgIpc) is 2.42. The summed E-state index contributed by atoms with van der Waals surface area (Å²) in [6.45, 7) is 9.92. The molecule has 4 atom stereocenters. The van der Waals surface area contributed by atoms with Gasteiger partial charge in [0.1, 0.15) is 0 Å². The first kappa shape index (κ1) is 15.8. The van der Waals surface area contributed by atoms with Crippen molar-refractivity contribution in [1.29, 1.82) is 0 Å². The Labute approximate surface area is 123 Å². The van der Waals surface area contributed by atoms with Gasteiger partial charge < -0.3 is 16.0 Å². The molecule has 1 heterocycles. The van der Waals surface area contributed by atoms with Crippen LogP contribution in [0.5, 0.6) is 0 Å². The molecule has 1 saturated carbocycles. The Balaban J connectivity index is 2.04. The molecule has 0 aromatic carbocycles. The summed E-state index contributed by atoms with van der Waals surface area (Å²) in [4.78, 5) is 14.6. The zero-order valence-electron chi connectivity index (χ0n) is 13.3. The van der Waals surface area contributed by atoms with Crippen molar-refractivity contribution in [3.05, 3.63) is 0 Å². The minimum absolute atomic E-state index is 0.164. The second-order valence-corrected chi connectivity index (χ2v) is 6.97. The molecule has 0 spiro atoms. The normalized spacial score (nSPS) is 39.6. The van der Waals surface area contributed by atoms with E-state index in [4.69, 9.17) is 5.73 Å². The first-order valence-electron chi connectivity index (χ1n) is 8.27. The molecule has 4 heteroatoms. The predicted molar refractivity (Wildman–Crippen MR) is 82.4 cm³/mol. The van der Waals surface area contributed by atoms with Gasteiger partial charge in [-0.05, 0) is 57.0 Å². The molecule has 1 saturated heterocycles. The number of hydrogen-bond acceptors (Lipinski definition) is 3. The van der Waals surface area contributed by atoms with Gasteiger partial charge in [-0.25, -0.2) is 0 Å². The number of piperidine rings is 1. The van der Waals surface area contributed by atoms with Crippen LogP contribution in [0.15, 0.2) is 0 Å². The highest BCUT2D eigenvalue weighted by Gasteiger charge is 2.43. The minimum atomic E-state index is -0.468. The van der Waals surface area contributed by atoms with Crippen LogP contribution in [0.25, 0.3) is 0 Å². The summed E-state index contributed by atoms with van der Waals surface area (Å²) in [7, 11) is 0. The monoisotopic (exact) mass is 281 g/mol. The third kappa shape index (κ3) is 3.17. The highest BCUT2D eigenvalue weighted by Crippen LogP contribution is 2.34. The van der Waals surface area contributed by atoms with Crippen LogP contribution in [0.4, 0.5) is 0 Å². The van der Waals surface area contributed by atoms with E-state index in [9.17, 15) is 4.79 Å². The lowest BCUT2D eigenvalue weighted by atomic mass is 9.76. The van der Waals surface area contributed by atoms with Gasteiger partial charge in [0, 0.05) is 12.6 Å². The van der Waals surface area contributed by atoms with E-state index in [1.807, 2.05) is 0 Å². The summed E-state index contributed by atoms with van der Waals surface area (Å²) < 4.78 is 0. The van der Waals surface area contributed by atoms with Crippen molar-refractivity contribution in [3.8, 4) is 0 Å². The van der Waals surface area contributed by atoms with E-state index in [0.29, 0.717) is 6.04 Å². The van der Waals surface area contributed by atoms with Gasteiger partial charge >= 0.3 is 0 Å². The van der Waals surface area contributed by atoms with Gasteiger partial charge in [-0.2, -0.15) is 0 Å². The quantitative estimate of drug-likeness (QED) is 0.825. The molecular formula is C16H31N3O. The van der Waals surface area contributed by atoms with Crippen molar-refractivity contribution in [3.63, 3.8) is 0 Å². The number of nitrogens with zero attached hydrogens (tertiary/aromatic N) is 1. The van der Waals surface area contributed by atoms with Gasteiger partial charge in [-0.3, -0.25) is 4.79 Å². The van der Waals surface area contributed by atoms with Crippen molar-refractivity contribution < 1.29 is 4.79 Å². The Morgan fingerprint density at radius 1 is 1.35 bits per heavy atom. The van der Waals surface area contributed by atoms with E-state index in [1.165, 1.54) is 25.9 Å². The van der Waals surface area contributed by atoms with Gasteiger partial charge in [0.15, 0.2) is 0 Å². The molecule has 0 radical (unpaired) electrons. The number of nitrogens with one attached hydrogen (secondary N) is 1. The maximum atomic E-state index is 12.0. The number of likely N-dealkylation sites (tertiary alicyclic amines) is 1. The standard InChI is InChI=1S/C16H31N3O/c1-4-18-16(15(17)20)8-5-6-14(10-16)19-9-7-12(2)13(3)11-19/h12-14,18H,4-11H2,1-3H3,(H2,17,20). The highest BCUT2D eigenvalue weighted by atomic mass is 16.1. The van der Waals surface area contributed by atoms with E-state index in [0.717, 1.165) is 37.6 Å². The minimum Gasteiger partial charge on any atom is -0.368 e. The SMILES string of the molecule is CCNC1(C(N)=O)CCCC(N2CCC(C)C(C)C2)C1. The Morgan fingerprint density at radius 2 is 2.10 bits per heavy atom. The summed E-state index contributed by atoms with van der Waals surface area (Å²) in [5.41, 5.74) is 5.24. The molecule has 1 aliphatic heterocycles. The lowest BCUT2D eigenvalue weighted by molar-refractivity contribution is -0.127. The summed E-state index contributed by atoms with van der Waals surface area (Å²) in [5.74, 6) is 1.42. The fraction of sp³-hybridized carbons (Fsp3) is 0.938. The third-order valence-electron chi connectivity index (χ3n) is 5.59. The first-order valence-corrected chi connectivity index (χ1v) is 8.27. The number of likely N-dealkylation sites (N-methyl/N-ethyl adjacent to an activating group) is 1. The molecule has 3 N–H and O–H groups in total. The molecule has 0 aromatic heterocycles.